The number of aromatic amines is 1. The number of carbonyl (C=O) groups excluding carboxylic acids is 2. The quantitative estimate of drug-likeness (QED) is 0.00751. The van der Waals surface area contributed by atoms with Crippen molar-refractivity contribution in [3.05, 3.63) is 371 Å². The lowest BCUT2D eigenvalue weighted by molar-refractivity contribution is -0.144. The van der Waals surface area contributed by atoms with Crippen molar-refractivity contribution in [2.24, 2.45) is 5.41 Å². The minimum absolute atomic E-state index is 0.0106. The number of carbonyl (C=O) groups is 2. The molecule has 13 aromatic rings. The molecule has 0 aliphatic rings. The molecule has 0 fully saturated rings. The van der Waals surface area contributed by atoms with Crippen molar-refractivity contribution in [1.29, 1.82) is 0 Å². The number of rotatable bonds is 30. The summed E-state index contributed by atoms with van der Waals surface area (Å²) in [4.78, 5) is 40.9. The van der Waals surface area contributed by atoms with E-state index in [0.717, 1.165) is 104 Å². The van der Waals surface area contributed by atoms with Crippen LogP contribution in [0.5, 0.6) is 5.75 Å². The van der Waals surface area contributed by atoms with Gasteiger partial charge in [0, 0.05) is 57.1 Å². The number of imidazole rings is 1. The van der Waals surface area contributed by atoms with E-state index in [1.54, 1.807) is 44.5 Å². The maximum atomic E-state index is 13.7. The second-order valence-corrected chi connectivity index (χ2v) is 30.5. The van der Waals surface area contributed by atoms with E-state index in [9.17, 15) is 57.9 Å². The highest BCUT2D eigenvalue weighted by atomic mass is 32.2. The van der Waals surface area contributed by atoms with Gasteiger partial charge in [-0.1, -0.05) is 231 Å². The highest BCUT2D eigenvalue weighted by Gasteiger charge is 2.40. The molecule has 2 heterocycles. The lowest BCUT2D eigenvalue weighted by Gasteiger charge is -2.29. The maximum absolute atomic E-state index is 13.7. The Morgan fingerprint density at radius 1 is 0.435 bits per heavy atom. The van der Waals surface area contributed by atoms with E-state index in [4.69, 9.17) is 19.2 Å². The van der Waals surface area contributed by atoms with Crippen LogP contribution in [0.25, 0.3) is 33.9 Å². The third-order valence-corrected chi connectivity index (χ3v) is 20.3. The number of benzene rings is 11. The van der Waals surface area contributed by atoms with Gasteiger partial charge in [0.15, 0.2) is 0 Å². The number of amides is 2. The Hall–Kier alpha value is -11.9. The molecule has 2 aromatic heterocycles. The fourth-order valence-electron chi connectivity index (χ4n) is 12.3. The standard InChI is InChI=1S/C31H30N2O2.C24H18F11N3.C22H18N2O.C13H13NS.C7H16O2S2/c1-31(2,29(34)32-27(23-15-7-3-8-16-23)24-17-9-4-10-18-24)30(35)33-28(25-19-11-5-12-20-25)26-21-13-6-14-22-26;1-21(25,26)13-5-14(22(27,28)29)8-19(7-13)36-11-17-3-2-4-18(38-17)12-37-20-9-15(23(30,31)32)6-16(10-20)24(33,34)35;1-25-19-15-9-8-14-18(19)22-23-20(16-10-4-2-5-11-16)21(24-22)17-12-6-3-7-13-17;1-15-13-10-6-5-9-12(13)14-11-7-3-2-4-8-11;1-11-7-5-9-3-2-8-4-6-10/h3-22,27-28H,1-2H3,(H,32,34)(H,33,35);2-10,36-37H,11-12H2,1H3;2-15H,1H3,(H,23,24);2-10,14H,1H3;10H,2-7H2,1H3. The van der Waals surface area contributed by atoms with Gasteiger partial charge in [0.25, 0.3) is 5.92 Å². The van der Waals surface area contributed by atoms with Crippen molar-refractivity contribution < 1.29 is 72.1 Å². The molecule has 0 spiro atoms. The Kier molecular flexibility index (Phi) is 36.5. The summed E-state index contributed by atoms with van der Waals surface area (Å²) in [5, 5.41) is 14.7. The van der Waals surface area contributed by atoms with Crippen molar-refractivity contribution in [2.45, 2.75) is 75.3 Å². The summed E-state index contributed by atoms with van der Waals surface area (Å²) in [6, 6.07) is 92.5. The predicted molar refractivity (Wildman–Crippen MR) is 479 cm³/mol. The minimum Gasteiger partial charge on any atom is -0.496 e. The number of anilines is 4. The van der Waals surface area contributed by atoms with Gasteiger partial charge in [0.1, 0.15) is 17.0 Å². The van der Waals surface area contributed by atoms with Crippen LogP contribution < -0.4 is 31.3 Å². The van der Waals surface area contributed by atoms with Gasteiger partial charge in [-0.2, -0.15) is 63.9 Å². The lowest BCUT2D eigenvalue weighted by Crippen LogP contribution is -2.49. The second kappa shape index (κ2) is 47.1. The molecule has 11 aromatic carbocycles. The number of H-pyrrole nitrogens is 1. The highest BCUT2D eigenvalue weighted by Crippen LogP contribution is 2.41. The van der Waals surface area contributed by atoms with Crippen molar-refractivity contribution in [1.82, 2.24) is 25.6 Å². The number of alkyl halides is 11. The van der Waals surface area contributed by atoms with Gasteiger partial charge in [-0.25, -0.2) is 13.8 Å². The Morgan fingerprint density at radius 3 is 1.26 bits per heavy atom. The van der Waals surface area contributed by atoms with Crippen LogP contribution in [-0.4, -0.2) is 84.3 Å². The number of thioether (sulfide) groups is 2. The lowest BCUT2D eigenvalue weighted by atomic mass is 9.88. The molecule has 0 bridgehead atoms. The smallest absolute Gasteiger partial charge is 0.416 e. The minimum atomic E-state index is -5.02. The molecule has 0 saturated heterocycles. The van der Waals surface area contributed by atoms with Crippen LogP contribution in [0.4, 0.5) is 71.0 Å². The maximum Gasteiger partial charge on any atom is 0.416 e. The summed E-state index contributed by atoms with van der Waals surface area (Å²) in [5.41, 5.74) is 4.40. The third kappa shape index (κ3) is 29.7. The fraction of sp³-hybridized carbons (Fsp3) is 0.216. The van der Waals surface area contributed by atoms with E-state index >= 15 is 0 Å². The van der Waals surface area contributed by atoms with Crippen LogP contribution in [0.1, 0.15) is 88.8 Å². The van der Waals surface area contributed by atoms with Crippen molar-refractivity contribution in [3.8, 4) is 39.7 Å². The molecule has 13 nitrogen and oxygen atoms in total. The van der Waals surface area contributed by atoms with Crippen LogP contribution in [0, 0.1) is 5.41 Å². The molecule has 0 atom stereocenters. The van der Waals surface area contributed by atoms with Gasteiger partial charge in [0.05, 0.1) is 109 Å². The van der Waals surface area contributed by atoms with Crippen LogP contribution in [0.2, 0.25) is 0 Å². The Bertz CT molecular complexity index is 4990. The SMILES string of the molecule is CC(C)(C(=O)NC(c1ccccc1)c1ccccc1)C(=O)NC(c1ccccc1)c1ccccc1.CC(F)(F)c1cc(NCc2cccc(CNc3cc(C(F)(F)F)cc(C(F)(F)F)c3)n2)cc(C(F)(F)F)c1.COc1ccccc1-c1nc(-c2ccccc2)c(-c2ccccc2)[nH]1.CSCCOCCOCCS.CSc1ccccc1Nc1ccccc1. The van der Waals surface area contributed by atoms with E-state index in [0.29, 0.717) is 44.4 Å². The first-order valence-corrected chi connectivity index (χ1v) is 42.4. The Labute approximate surface area is 729 Å². The number of methoxy groups -OCH3 is 1. The molecule has 6 N–H and O–H groups in total. The number of halogens is 11. The van der Waals surface area contributed by atoms with Crippen LogP contribution in [-0.2, 0) is 56.6 Å². The molecule has 0 saturated carbocycles. The highest BCUT2D eigenvalue weighted by molar-refractivity contribution is 7.98. The molecular weight excluding hydrogens is 1660 g/mol. The molecule has 0 aliphatic heterocycles. The molecule has 0 radical (unpaired) electrons. The second-order valence-electron chi connectivity index (χ2n) is 28.3. The Balaban J connectivity index is 0.000000186. The Morgan fingerprint density at radius 2 is 0.831 bits per heavy atom. The van der Waals surface area contributed by atoms with Crippen LogP contribution in [0.3, 0.4) is 0 Å². The predicted octanol–water partition coefficient (Wildman–Crippen LogP) is 25.2. The van der Waals surface area contributed by atoms with Gasteiger partial charge in [0.2, 0.25) is 11.8 Å². The fourth-order valence-corrected chi connectivity index (χ4v) is 13.2. The topological polar surface area (TPSA) is 164 Å². The van der Waals surface area contributed by atoms with E-state index in [1.807, 2.05) is 206 Å². The van der Waals surface area contributed by atoms with Crippen molar-refractivity contribution in [3.63, 3.8) is 0 Å². The average molecular weight is 1760 g/mol. The summed E-state index contributed by atoms with van der Waals surface area (Å²) in [5.74, 6) is -0.778. The van der Waals surface area contributed by atoms with E-state index in [2.05, 4.69) is 116 Å². The monoisotopic (exact) mass is 1760 g/mol. The van der Waals surface area contributed by atoms with E-state index in [-0.39, 0.29) is 60.1 Å². The molecular formula is C97H95F11N8O5S3. The van der Waals surface area contributed by atoms with Crippen LogP contribution >= 0.6 is 36.2 Å². The average Bonchev–Trinajstić information content (AvgIpc) is 1.66. The summed E-state index contributed by atoms with van der Waals surface area (Å²) in [6.45, 7) is 6.21. The van der Waals surface area contributed by atoms with E-state index in [1.165, 1.54) is 23.1 Å². The summed E-state index contributed by atoms with van der Waals surface area (Å²) in [7, 11) is 1.68. The number of hydrogen-bond donors (Lipinski definition) is 7. The number of pyridine rings is 1. The summed E-state index contributed by atoms with van der Waals surface area (Å²) < 4.78 is 161. The number of thiol groups is 1. The van der Waals surface area contributed by atoms with E-state index < -0.39 is 57.8 Å². The van der Waals surface area contributed by atoms with Gasteiger partial charge in [-0.3, -0.25) is 14.6 Å². The first-order chi connectivity index (χ1) is 59.5. The first kappa shape index (κ1) is 95.9. The zero-order chi connectivity index (χ0) is 89.1. The number of ether oxygens (including phenoxy) is 3. The number of hydrogen-bond acceptors (Lipinski definition) is 13. The molecule has 648 valence electrons. The number of aromatic nitrogens is 3. The zero-order valence-electron chi connectivity index (χ0n) is 68.7. The number of nitrogens with zero attached hydrogens (tertiary/aromatic N) is 2. The molecule has 0 unspecified atom stereocenters. The number of para-hydroxylation sites is 3. The van der Waals surface area contributed by atoms with Gasteiger partial charge in [-0.05, 0) is 134 Å². The first-order valence-electron chi connectivity index (χ1n) is 39.2. The summed E-state index contributed by atoms with van der Waals surface area (Å²) in [6.07, 6.45) is -10.8. The largest absolute Gasteiger partial charge is 0.496 e. The molecule has 2 amide bonds. The molecule has 0 aliphatic carbocycles. The van der Waals surface area contributed by atoms with Crippen molar-refractivity contribution >= 4 is 70.7 Å². The third-order valence-electron chi connectivity index (χ3n) is 18.8. The van der Waals surface area contributed by atoms with Crippen molar-refractivity contribution in [2.75, 3.05) is 73.5 Å². The van der Waals surface area contributed by atoms with Gasteiger partial charge in [-0.15, -0.1) is 11.8 Å². The van der Waals surface area contributed by atoms with Crippen LogP contribution in [0.15, 0.2) is 320 Å². The van der Waals surface area contributed by atoms with Gasteiger partial charge < -0.3 is 45.8 Å². The zero-order valence-corrected chi connectivity index (χ0v) is 71.2. The molecule has 124 heavy (non-hydrogen) atoms. The van der Waals surface area contributed by atoms with Gasteiger partial charge >= 0.3 is 18.5 Å². The normalized spacial score (nSPS) is 11.4. The molecule has 13 rings (SSSR count). The number of nitrogens with one attached hydrogen (secondary N) is 6. The molecule has 27 heteroatoms. The summed E-state index contributed by atoms with van der Waals surface area (Å²) >= 11 is 7.55.